The van der Waals surface area contributed by atoms with Crippen LogP contribution in [-0.4, -0.2) is 38.1 Å². The van der Waals surface area contributed by atoms with Crippen LogP contribution in [0.15, 0.2) is 47.3 Å². The van der Waals surface area contributed by atoms with Crippen LogP contribution >= 0.6 is 11.6 Å². The largest absolute Gasteiger partial charge is 0.482 e. The van der Waals surface area contributed by atoms with Gasteiger partial charge in [0, 0.05) is 41.8 Å². The Bertz CT molecular complexity index is 1450. The van der Waals surface area contributed by atoms with E-state index in [0.29, 0.717) is 23.0 Å². The molecule has 0 aliphatic heterocycles. The van der Waals surface area contributed by atoms with E-state index in [0.717, 1.165) is 0 Å². The van der Waals surface area contributed by atoms with E-state index in [1.165, 1.54) is 52.8 Å². The third-order valence-electron chi connectivity index (χ3n) is 5.57. The first-order valence-electron chi connectivity index (χ1n) is 11.7. The molecule has 0 saturated heterocycles. The summed E-state index contributed by atoms with van der Waals surface area (Å²) < 4.78 is 6.84. The zero-order chi connectivity index (χ0) is 28.1. The minimum Gasteiger partial charge on any atom is -0.482 e. The molecule has 1 heterocycles. The monoisotopic (exact) mass is 542 g/mol. The van der Waals surface area contributed by atoms with Gasteiger partial charge in [-0.3, -0.25) is 24.3 Å². The quantitative estimate of drug-likeness (QED) is 0.292. The van der Waals surface area contributed by atoms with Gasteiger partial charge in [-0.2, -0.15) is 0 Å². The summed E-state index contributed by atoms with van der Waals surface area (Å²) in [6, 6.07) is 10.1. The summed E-state index contributed by atoms with van der Waals surface area (Å²) in [6.45, 7) is 6.29. The number of non-ortho nitro benzene ring substituents is 1. The minimum absolute atomic E-state index is 0.0755. The number of ether oxygens (including phenoxy) is 1. The van der Waals surface area contributed by atoms with Crippen molar-refractivity contribution in [1.29, 1.82) is 0 Å². The van der Waals surface area contributed by atoms with E-state index >= 15 is 0 Å². The van der Waals surface area contributed by atoms with Gasteiger partial charge in [0.25, 0.3) is 11.2 Å². The lowest BCUT2D eigenvalue weighted by molar-refractivity contribution is -0.384. The Morgan fingerprint density at radius 2 is 1.95 bits per heavy atom. The summed E-state index contributed by atoms with van der Waals surface area (Å²) in [7, 11) is 0. The van der Waals surface area contributed by atoms with E-state index in [1.807, 2.05) is 13.8 Å². The SMILES string of the molecule is CC(=O)N(Cc1cc(Cl)ccc1OCC(=O)O)c1c(-c2cccc([N+](=O)[O-])c2)nc(C)n(CC(C)C)c1=O. The lowest BCUT2D eigenvalue weighted by atomic mass is 10.1. The van der Waals surface area contributed by atoms with Crippen LogP contribution in [0.4, 0.5) is 11.4 Å². The van der Waals surface area contributed by atoms with Crippen LogP contribution in [0.1, 0.15) is 32.2 Å². The second-order valence-electron chi connectivity index (χ2n) is 9.01. The van der Waals surface area contributed by atoms with Gasteiger partial charge in [0.1, 0.15) is 23.0 Å². The molecular weight excluding hydrogens is 516 g/mol. The Morgan fingerprint density at radius 1 is 1.24 bits per heavy atom. The highest BCUT2D eigenvalue weighted by Gasteiger charge is 2.27. The van der Waals surface area contributed by atoms with Crippen LogP contribution in [0.2, 0.25) is 5.02 Å². The molecule has 0 aliphatic carbocycles. The van der Waals surface area contributed by atoms with E-state index < -0.39 is 29.0 Å². The number of nitrogens with zero attached hydrogens (tertiary/aromatic N) is 4. The summed E-state index contributed by atoms with van der Waals surface area (Å²) in [4.78, 5) is 54.7. The Labute approximate surface area is 223 Å². The molecule has 1 amide bonds. The molecule has 200 valence electrons. The van der Waals surface area contributed by atoms with Crippen molar-refractivity contribution in [2.75, 3.05) is 11.5 Å². The molecule has 0 fully saturated rings. The lowest BCUT2D eigenvalue weighted by Crippen LogP contribution is -2.38. The predicted molar refractivity (Wildman–Crippen MR) is 142 cm³/mol. The second kappa shape index (κ2) is 11.9. The zero-order valence-corrected chi connectivity index (χ0v) is 22.1. The smallest absolute Gasteiger partial charge is 0.341 e. The molecule has 1 aromatic heterocycles. The number of nitro benzene ring substituents is 1. The number of carboxylic acids is 1. The van der Waals surface area contributed by atoms with Crippen molar-refractivity contribution in [3.63, 3.8) is 0 Å². The zero-order valence-electron chi connectivity index (χ0n) is 21.3. The minimum atomic E-state index is -1.19. The van der Waals surface area contributed by atoms with Gasteiger partial charge >= 0.3 is 5.97 Å². The molecule has 0 atom stereocenters. The van der Waals surface area contributed by atoms with Crippen molar-refractivity contribution < 1.29 is 24.4 Å². The van der Waals surface area contributed by atoms with Crippen molar-refractivity contribution in [2.45, 2.75) is 40.8 Å². The van der Waals surface area contributed by atoms with Gasteiger partial charge in [0.2, 0.25) is 5.91 Å². The fraction of sp³-hybridized carbons (Fsp3) is 0.308. The summed E-state index contributed by atoms with van der Waals surface area (Å²) in [5, 5.41) is 20.8. The lowest BCUT2D eigenvalue weighted by Gasteiger charge is -2.26. The molecule has 0 radical (unpaired) electrons. The molecule has 2 aromatic carbocycles. The Morgan fingerprint density at radius 3 is 2.55 bits per heavy atom. The number of aromatic nitrogens is 2. The number of anilines is 1. The number of hydrogen-bond acceptors (Lipinski definition) is 7. The summed E-state index contributed by atoms with van der Waals surface area (Å²) in [5.74, 6) is -1.08. The van der Waals surface area contributed by atoms with E-state index in [2.05, 4.69) is 4.98 Å². The van der Waals surface area contributed by atoms with Crippen molar-refractivity contribution in [2.24, 2.45) is 5.92 Å². The normalized spacial score (nSPS) is 10.9. The molecular formula is C26H27ClN4O7. The highest BCUT2D eigenvalue weighted by atomic mass is 35.5. The highest BCUT2D eigenvalue weighted by molar-refractivity contribution is 6.30. The average molecular weight is 543 g/mol. The van der Waals surface area contributed by atoms with Gasteiger partial charge < -0.3 is 14.7 Å². The standard InChI is InChI=1S/C26H27ClN4O7/c1-15(2)12-29-16(3)28-24(18-6-5-7-21(11-18)31(36)37)25(26(29)35)30(17(4)32)13-19-10-20(27)8-9-22(19)38-14-23(33)34/h5-11,15H,12-14H2,1-4H3,(H,33,34). The first kappa shape index (κ1) is 28.3. The molecule has 0 bridgehead atoms. The van der Waals surface area contributed by atoms with Crippen molar-refractivity contribution in [1.82, 2.24) is 9.55 Å². The Hall–Kier alpha value is -4.25. The topological polar surface area (TPSA) is 145 Å². The molecule has 0 aliphatic rings. The van der Waals surface area contributed by atoms with Gasteiger partial charge in [-0.15, -0.1) is 0 Å². The Kier molecular flexibility index (Phi) is 8.84. The van der Waals surface area contributed by atoms with Gasteiger partial charge in [-0.25, -0.2) is 9.78 Å². The van der Waals surface area contributed by atoms with Crippen LogP contribution in [0.5, 0.6) is 5.75 Å². The number of carboxylic acid groups (broad SMARTS) is 1. The van der Waals surface area contributed by atoms with Crippen molar-refractivity contribution >= 4 is 34.9 Å². The van der Waals surface area contributed by atoms with E-state index in [4.69, 9.17) is 21.4 Å². The Balaban J connectivity index is 2.27. The average Bonchev–Trinajstić information content (AvgIpc) is 2.84. The first-order valence-corrected chi connectivity index (χ1v) is 12.0. The molecule has 0 unspecified atom stereocenters. The number of amides is 1. The fourth-order valence-corrected chi connectivity index (χ4v) is 4.11. The van der Waals surface area contributed by atoms with Crippen LogP contribution in [0.25, 0.3) is 11.3 Å². The number of carbonyl (C=O) groups excluding carboxylic acids is 1. The molecule has 1 N–H and O–H groups in total. The number of carbonyl (C=O) groups is 2. The molecule has 0 saturated carbocycles. The number of halogens is 1. The maximum absolute atomic E-state index is 13.9. The summed E-state index contributed by atoms with van der Waals surface area (Å²) >= 11 is 6.18. The predicted octanol–water partition coefficient (Wildman–Crippen LogP) is 4.45. The fourth-order valence-electron chi connectivity index (χ4n) is 3.91. The van der Waals surface area contributed by atoms with E-state index in [9.17, 15) is 24.5 Å². The van der Waals surface area contributed by atoms with Crippen LogP contribution in [-0.2, 0) is 22.7 Å². The molecule has 0 spiro atoms. The molecule has 11 nitrogen and oxygen atoms in total. The summed E-state index contributed by atoms with van der Waals surface area (Å²) in [5.41, 5.74) is -0.0410. The molecule has 38 heavy (non-hydrogen) atoms. The number of nitro groups is 1. The van der Waals surface area contributed by atoms with E-state index in [-0.39, 0.29) is 40.8 Å². The maximum atomic E-state index is 13.9. The molecule has 12 heteroatoms. The third kappa shape index (κ3) is 6.54. The van der Waals surface area contributed by atoms with Crippen molar-refractivity contribution in [3.05, 3.63) is 79.3 Å². The first-order chi connectivity index (χ1) is 17.9. The number of rotatable bonds is 10. The summed E-state index contributed by atoms with van der Waals surface area (Å²) in [6.07, 6.45) is 0. The maximum Gasteiger partial charge on any atom is 0.341 e. The van der Waals surface area contributed by atoms with Gasteiger partial charge in [0.05, 0.1) is 11.5 Å². The number of hydrogen-bond donors (Lipinski definition) is 1. The highest BCUT2D eigenvalue weighted by Crippen LogP contribution is 2.32. The van der Waals surface area contributed by atoms with Gasteiger partial charge in [0.15, 0.2) is 6.61 Å². The van der Waals surface area contributed by atoms with Gasteiger partial charge in [-0.1, -0.05) is 37.6 Å². The molecule has 3 rings (SSSR count). The van der Waals surface area contributed by atoms with Crippen LogP contribution in [0.3, 0.4) is 0 Å². The number of aliphatic carboxylic acids is 1. The van der Waals surface area contributed by atoms with Crippen LogP contribution < -0.4 is 15.2 Å². The molecule has 3 aromatic rings. The van der Waals surface area contributed by atoms with Crippen LogP contribution in [0, 0.1) is 23.0 Å². The van der Waals surface area contributed by atoms with Crippen molar-refractivity contribution in [3.8, 4) is 17.0 Å². The third-order valence-corrected chi connectivity index (χ3v) is 5.80. The number of benzene rings is 2. The van der Waals surface area contributed by atoms with E-state index in [1.54, 1.807) is 13.0 Å². The second-order valence-corrected chi connectivity index (χ2v) is 9.45. The van der Waals surface area contributed by atoms with Gasteiger partial charge in [-0.05, 0) is 31.0 Å². The number of aryl methyl sites for hydroxylation is 1.